The first-order valence-electron chi connectivity index (χ1n) is 8.51. The van der Waals surface area contributed by atoms with Crippen LogP contribution in [0.5, 0.6) is 0 Å². The zero-order valence-electron chi connectivity index (χ0n) is 14.1. The second-order valence-corrected chi connectivity index (χ2v) is 6.90. The summed E-state index contributed by atoms with van der Waals surface area (Å²) in [6.45, 7) is 2.69. The van der Waals surface area contributed by atoms with Gasteiger partial charge in [-0.05, 0) is 37.5 Å². The molecule has 5 nitrogen and oxygen atoms in total. The van der Waals surface area contributed by atoms with Gasteiger partial charge in [-0.25, -0.2) is 4.98 Å². The molecular weight excluding hydrogens is 336 g/mol. The van der Waals surface area contributed by atoms with Gasteiger partial charge in [-0.15, -0.1) is 0 Å². The Balaban J connectivity index is 1.73. The molecule has 0 radical (unpaired) electrons. The normalized spacial score (nSPS) is 15.1. The molecule has 6 heteroatoms. The summed E-state index contributed by atoms with van der Waals surface area (Å²) in [5, 5.41) is 5.43. The maximum atomic E-state index is 12.3. The Morgan fingerprint density at radius 1 is 1.16 bits per heavy atom. The van der Waals surface area contributed by atoms with Crippen molar-refractivity contribution in [3.8, 4) is 0 Å². The Bertz CT molecular complexity index is 932. The quantitative estimate of drug-likeness (QED) is 0.718. The molecule has 25 heavy (non-hydrogen) atoms. The Morgan fingerprint density at radius 2 is 1.96 bits per heavy atom. The van der Waals surface area contributed by atoms with Crippen molar-refractivity contribution in [1.82, 2.24) is 14.6 Å². The van der Waals surface area contributed by atoms with Gasteiger partial charge in [0.1, 0.15) is 5.82 Å². The first-order chi connectivity index (χ1) is 12.1. The van der Waals surface area contributed by atoms with Crippen molar-refractivity contribution in [3.05, 3.63) is 58.4 Å². The van der Waals surface area contributed by atoms with E-state index in [2.05, 4.69) is 4.98 Å². The first-order valence-corrected chi connectivity index (χ1v) is 8.89. The van der Waals surface area contributed by atoms with Crippen LogP contribution in [0, 0.1) is 6.92 Å². The van der Waals surface area contributed by atoms with Crippen molar-refractivity contribution < 1.29 is 4.79 Å². The molecule has 3 heterocycles. The van der Waals surface area contributed by atoms with E-state index in [9.17, 15) is 4.79 Å². The van der Waals surface area contributed by atoms with Gasteiger partial charge < -0.3 is 0 Å². The lowest BCUT2D eigenvalue weighted by molar-refractivity contribution is -0.119. The van der Waals surface area contributed by atoms with Gasteiger partial charge in [-0.3, -0.25) is 9.69 Å². The van der Waals surface area contributed by atoms with Crippen molar-refractivity contribution in [3.63, 3.8) is 0 Å². The predicted molar refractivity (Wildman–Crippen MR) is 98.2 cm³/mol. The molecular formula is C19H19ClN4O. The molecule has 1 aliphatic heterocycles. The highest BCUT2D eigenvalue weighted by molar-refractivity contribution is 6.30. The summed E-state index contributed by atoms with van der Waals surface area (Å²) in [4.78, 5) is 18.7. The second kappa shape index (κ2) is 6.48. The maximum Gasteiger partial charge on any atom is 0.228 e. The number of hydrogen-bond donors (Lipinski definition) is 0. The summed E-state index contributed by atoms with van der Waals surface area (Å²) in [7, 11) is 0. The summed E-state index contributed by atoms with van der Waals surface area (Å²) >= 11 is 5.95. The zero-order valence-corrected chi connectivity index (χ0v) is 14.8. The van der Waals surface area contributed by atoms with Gasteiger partial charge in [0, 0.05) is 42.2 Å². The number of benzene rings is 1. The number of amides is 1. The summed E-state index contributed by atoms with van der Waals surface area (Å²) in [5.74, 6) is 0.974. The number of halogens is 1. The molecule has 0 bridgehead atoms. The molecule has 1 saturated heterocycles. The predicted octanol–water partition coefficient (Wildman–Crippen LogP) is 3.80. The highest BCUT2D eigenvalue weighted by atomic mass is 35.5. The topological polar surface area (TPSA) is 50.5 Å². The van der Waals surface area contributed by atoms with E-state index in [0.717, 1.165) is 52.8 Å². The summed E-state index contributed by atoms with van der Waals surface area (Å²) < 4.78 is 1.79. The molecule has 0 spiro atoms. The van der Waals surface area contributed by atoms with Crippen LogP contribution >= 0.6 is 11.6 Å². The smallest absolute Gasteiger partial charge is 0.228 e. The monoisotopic (exact) mass is 354 g/mol. The fourth-order valence-electron chi connectivity index (χ4n) is 3.27. The largest absolute Gasteiger partial charge is 0.297 e. The van der Waals surface area contributed by atoms with Crippen LogP contribution in [0.15, 0.2) is 36.4 Å². The average Bonchev–Trinajstić information content (AvgIpc) is 2.99. The lowest BCUT2D eigenvalue weighted by Crippen LogP contribution is -2.36. The molecule has 4 rings (SSSR count). The summed E-state index contributed by atoms with van der Waals surface area (Å²) in [5.41, 5.74) is 3.72. The number of carbonyl (C=O) groups is 1. The molecule has 1 fully saturated rings. The van der Waals surface area contributed by atoms with Crippen LogP contribution in [0.4, 0.5) is 5.82 Å². The number of aromatic nitrogens is 3. The third-order valence-electron chi connectivity index (χ3n) is 4.49. The zero-order chi connectivity index (χ0) is 17.4. The van der Waals surface area contributed by atoms with E-state index in [1.165, 1.54) is 0 Å². The second-order valence-electron chi connectivity index (χ2n) is 6.47. The Morgan fingerprint density at radius 3 is 2.72 bits per heavy atom. The van der Waals surface area contributed by atoms with Gasteiger partial charge >= 0.3 is 0 Å². The van der Waals surface area contributed by atoms with Crippen molar-refractivity contribution in [2.24, 2.45) is 0 Å². The molecule has 1 aliphatic rings. The molecule has 2 aromatic heterocycles. The molecule has 1 aromatic carbocycles. The van der Waals surface area contributed by atoms with E-state index in [0.29, 0.717) is 12.8 Å². The van der Waals surface area contributed by atoms with Gasteiger partial charge in [0.15, 0.2) is 5.65 Å². The van der Waals surface area contributed by atoms with Crippen LogP contribution in [-0.4, -0.2) is 27.0 Å². The highest BCUT2D eigenvalue weighted by Crippen LogP contribution is 2.23. The fraction of sp³-hybridized carbons (Fsp3) is 0.316. The minimum Gasteiger partial charge on any atom is -0.297 e. The standard InChI is InChI=1S/C19H19ClN4O/c1-13-10-18(23-9-3-2-4-19(23)25)24-17(21-13)12-16(22-24)11-14-5-7-15(20)8-6-14/h5-8,10,12H,2-4,9,11H2,1H3. The number of anilines is 1. The van der Waals surface area contributed by atoms with Gasteiger partial charge in [0.05, 0.1) is 5.69 Å². The van der Waals surface area contributed by atoms with E-state index >= 15 is 0 Å². The Kier molecular flexibility index (Phi) is 4.17. The lowest BCUT2D eigenvalue weighted by Gasteiger charge is -2.27. The Hall–Kier alpha value is -2.40. The third-order valence-corrected chi connectivity index (χ3v) is 4.74. The number of fused-ring (bicyclic) bond motifs is 1. The van der Waals surface area contributed by atoms with Crippen LogP contribution in [0.3, 0.4) is 0 Å². The van der Waals surface area contributed by atoms with E-state index in [1.54, 1.807) is 4.52 Å². The van der Waals surface area contributed by atoms with Crippen molar-refractivity contribution >= 4 is 29.0 Å². The minimum absolute atomic E-state index is 0.160. The number of nitrogens with zero attached hydrogens (tertiary/aromatic N) is 4. The molecule has 0 atom stereocenters. The number of piperidine rings is 1. The van der Waals surface area contributed by atoms with Gasteiger partial charge in [-0.2, -0.15) is 9.61 Å². The van der Waals surface area contributed by atoms with E-state index in [1.807, 2.05) is 48.2 Å². The average molecular weight is 355 g/mol. The Labute approximate surface area is 151 Å². The van der Waals surface area contributed by atoms with E-state index in [-0.39, 0.29) is 5.91 Å². The highest BCUT2D eigenvalue weighted by Gasteiger charge is 2.23. The summed E-state index contributed by atoms with van der Waals surface area (Å²) in [6, 6.07) is 11.7. The summed E-state index contributed by atoms with van der Waals surface area (Å²) in [6.07, 6.45) is 3.28. The number of carbonyl (C=O) groups excluding carboxylic acids is 1. The van der Waals surface area contributed by atoms with Crippen molar-refractivity contribution in [2.45, 2.75) is 32.6 Å². The van der Waals surface area contributed by atoms with Crippen molar-refractivity contribution in [1.29, 1.82) is 0 Å². The molecule has 3 aromatic rings. The molecule has 128 valence electrons. The minimum atomic E-state index is 0.160. The van der Waals surface area contributed by atoms with Crippen LogP contribution in [0.1, 0.15) is 36.2 Å². The fourth-order valence-corrected chi connectivity index (χ4v) is 3.39. The van der Waals surface area contributed by atoms with Crippen LogP contribution in [0.2, 0.25) is 5.02 Å². The maximum absolute atomic E-state index is 12.3. The van der Waals surface area contributed by atoms with Crippen molar-refractivity contribution in [2.75, 3.05) is 11.4 Å². The molecule has 1 amide bonds. The van der Waals surface area contributed by atoms with Crippen LogP contribution < -0.4 is 4.90 Å². The number of rotatable bonds is 3. The van der Waals surface area contributed by atoms with Crippen LogP contribution in [-0.2, 0) is 11.2 Å². The van der Waals surface area contributed by atoms with E-state index < -0.39 is 0 Å². The molecule has 0 saturated carbocycles. The van der Waals surface area contributed by atoms with Crippen LogP contribution in [0.25, 0.3) is 5.65 Å². The third kappa shape index (κ3) is 3.24. The van der Waals surface area contributed by atoms with Gasteiger partial charge in [-0.1, -0.05) is 23.7 Å². The van der Waals surface area contributed by atoms with Gasteiger partial charge in [0.25, 0.3) is 0 Å². The molecule has 0 unspecified atom stereocenters. The molecule has 0 aliphatic carbocycles. The SMILES string of the molecule is Cc1cc(N2CCCCC2=O)n2nc(Cc3ccc(Cl)cc3)cc2n1. The van der Waals surface area contributed by atoms with E-state index in [4.69, 9.17) is 16.7 Å². The molecule has 0 N–H and O–H groups in total. The van der Waals surface area contributed by atoms with Gasteiger partial charge in [0.2, 0.25) is 5.91 Å². The number of aryl methyl sites for hydroxylation is 1. The number of hydrogen-bond acceptors (Lipinski definition) is 3. The first kappa shape index (κ1) is 16.1. The lowest BCUT2D eigenvalue weighted by atomic mass is 10.1.